The highest BCUT2D eigenvalue weighted by Gasteiger charge is 2.36. The summed E-state index contributed by atoms with van der Waals surface area (Å²) in [7, 11) is 1.49. The van der Waals surface area contributed by atoms with Crippen molar-refractivity contribution >= 4 is 23.4 Å². The molecule has 3 rings (SSSR count). The number of carbonyl (C=O) groups is 1. The predicted molar refractivity (Wildman–Crippen MR) is 90.7 cm³/mol. The van der Waals surface area contributed by atoms with E-state index in [0.29, 0.717) is 24.5 Å². The molecule has 0 radical (unpaired) electrons. The summed E-state index contributed by atoms with van der Waals surface area (Å²) in [5.74, 6) is 5.86. The Morgan fingerprint density at radius 3 is 2.92 bits per heavy atom. The molecule has 2 atom stereocenters. The van der Waals surface area contributed by atoms with Crippen LogP contribution < -0.4 is 21.4 Å². The summed E-state index contributed by atoms with van der Waals surface area (Å²) in [6.07, 6.45) is -2.53. The number of hydrazine groups is 1. The molecule has 1 amide bonds. The van der Waals surface area contributed by atoms with Gasteiger partial charge < -0.3 is 20.1 Å². The number of rotatable bonds is 3. The minimum Gasteiger partial charge on any atom is -0.422 e. The molecule has 2 fully saturated rings. The first kappa shape index (κ1) is 17.2. The Labute approximate surface area is 144 Å². The fraction of sp³-hybridized carbons (Fsp3) is 0.467. The number of carbonyl (C=O) groups excluding carboxylic acids is 1. The van der Waals surface area contributed by atoms with Crippen LogP contribution in [-0.2, 0) is 9.47 Å². The van der Waals surface area contributed by atoms with Gasteiger partial charge in [-0.25, -0.2) is 20.0 Å². The molecule has 2 unspecified atom stereocenters. The Bertz CT molecular complexity index is 672. The summed E-state index contributed by atoms with van der Waals surface area (Å²) in [4.78, 5) is 19.0. The number of anilines is 2. The average molecular weight is 352 g/mol. The Kier molecular flexibility index (Phi) is 4.91. The van der Waals surface area contributed by atoms with Gasteiger partial charge in [-0.3, -0.25) is 9.89 Å². The molecule has 10 heteroatoms. The predicted octanol–water partition coefficient (Wildman–Crippen LogP) is 0.222. The third-order valence-corrected chi connectivity index (χ3v) is 4.14. The Morgan fingerprint density at radius 2 is 2.20 bits per heavy atom. The third-order valence-electron chi connectivity index (χ3n) is 4.14. The lowest BCUT2D eigenvalue weighted by molar-refractivity contribution is 0.0497. The van der Waals surface area contributed by atoms with E-state index in [1.807, 2.05) is 0 Å². The fourth-order valence-corrected chi connectivity index (χ4v) is 2.77. The monoisotopic (exact) mass is 352 g/mol. The highest BCUT2D eigenvalue weighted by Crippen LogP contribution is 2.28. The van der Waals surface area contributed by atoms with Crippen molar-refractivity contribution in [2.75, 3.05) is 43.2 Å². The first-order valence-electron chi connectivity index (χ1n) is 7.84. The van der Waals surface area contributed by atoms with Crippen LogP contribution in [0.1, 0.15) is 0 Å². The zero-order chi connectivity index (χ0) is 18.0. The van der Waals surface area contributed by atoms with Crippen LogP contribution in [0.2, 0.25) is 0 Å². The normalized spacial score (nSPS) is 24.4. The van der Waals surface area contributed by atoms with Crippen molar-refractivity contribution in [2.45, 2.75) is 12.5 Å². The molecule has 2 saturated heterocycles. The van der Waals surface area contributed by atoms with Gasteiger partial charge in [-0.1, -0.05) is 6.07 Å². The maximum atomic E-state index is 14.1. The van der Waals surface area contributed by atoms with Crippen LogP contribution >= 0.6 is 0 Å². The molecule has 9 nitrogen and oxygen atoms in total. The minimum atomic E-state index is -1.22. The van der Waals surface area contributed by atoms with E-state index in [9.17, 15) is 9.18 Å². The maximum Gasteiger partial charge on any atom is 0.416 e. The Morgan fingerprint density at radius 1 is 1.44 bits per heavy atom. The highest BCUT2D eigenvalue weighted by atomic mass is 19.1. The van der Waals surface area contributed by atoms with E-state index in [1.165, 1.54) is 11.9 Å². The second-order valence-electron chi connectivity index (χ2n) is 5.66. The van der Waals surface area contributed by atoms with Crippen molar-refractivity contribution in [3.63, 3.8) is 0 Å². The number of nitrogens with zero attached hydrogens (tertiary/aromatic N) is 4. The number of hydrogen-bond acceptors (Lipinski definition) is 6. The highest BCUT2D eigenvalue weighted by molar-refractivity contribution is 5.91. The van der Waals surface area contributed by atoms with E-state index in [1.54, 1.807) is 29.2 Å². The number of morpholine rings is 1. The summed E-state index contributed by atoms with van der Waals surface area (Å²) in [6.45, 7) is 1.10. The van der Waals surface area contributed by atoms with Crippen LogP contribution in [0.5, 0.6) is 0 Å². The summed E-state index contributed by atoms with van der Waals surface area (Å²) >= 11 is 0. The summed E-state index contributed by atoms with van der Waals surface area (Å²) in [6, 6.07) is 7.03. The molecule has 1 aromatic rings. The first-order valence-corrected chi connectivity index (χ1v) is 7.84. The van der Waals surface area contributed by atoms with Crippen LogP contribution in [0.4, 0.5) is 20.6 Å². The molecular formula is C15H21FN6O3. The maximum absolute atomic E-state index is 14.1. The number of nitrogens with two attached hydrogens (primary N) is 2. The minimum absolute atomic E-state index is 0.0236. The van der Waals surface area contributed by atoms with Gasteiger partial charge in [0.15, 0.2) is 6.30 Å². The van der Waals surface area contributed by atoms with Gasteiger partial charge in [-0.05, 0) is 18.2 Å². The molecule has 4 N–H and O–H groups in total. The van der Waals surface area contributed by atoms with Crippen molar-refractivity contribution in [3.8, 4) is 0 Å². The van der Waals surface area contributed by atoms with E-state index in [2.05, 4.69) is 4.99 Å². The Balaban J connectivity index is 1.78. The van der Waals surface area contributed by atoms with Gasteiger partial charge in [-0.2, -0.15) is 0 Å². The molecule has 0 spiro atoms. The van der Waals surface area contributed by atoms with E-state index < -0.39 is 18.6 Å². The van der Waals surface area contributed by atoms with E-state index in [4.69, 9.17) is 21.1 Å². The van der Waals surface area contributed by atoms with Gasteiger partial charge in [-0.15, -0.1) is 0 Å². The van der Waals surface area contributed by atoms with Crippen molar-refractivity contribution < 1.29 is 18.7 Å². The topological polar surface area (TPSA) is 110 Å². The smallest absolute Gasteiger partial charge is 0.416 e. The Hall–Kier alpha value is -2.59. The molecule has 0 aromatic heterocycles. The van der Waals surface area contributed by atoms with Crippen LogP contribution in [0.15, 0.2) is 29.3 Å². The lowest BCUT2D eigenvalue weighted by Gasteiger charge is -2.32. The molecule has 1 aromatic carbocycles. The number of guanidine groups is 1. The van der Waals surface area contributed by atoms with Gasteiger partial charge in [0, 0.05) is 25.0 Å². The van der Waals surface area contributed by atoms with Gasteiger partial charge in [0.2, 0.25) is 12.2 Å². The van der Waals surface area contributed by atoms with Crippen LogP contribution in [0.25, 0.3) is 0 Å². The number of ether oxygens (including phenoxy) is 2. The van der Waals surface area contributed by atoms with E-state index >= 15 is 0 Å². The molecule has 0 saturated carbocycles. The van der Waals surface area contributed by atoms with E-state index in [0.717, 1.165) is 5.01 Å². The molecular weight excluding hydrogens is 331 g/mol. The number of alkyl halides is 1. The quantitative estimate of drug-likeness (QED) is 0.263. The zero-order valence-corrected chi connectivity index (χ0v) is 13.8. The van der Waals surface area contributed by atoms with Gasteiger partial charge in [0.1, 0.15) is 0 Å². The van der Waals surface area contributed by atoms with Crippen LogP contribution in [-0.4, -0.2) is 62.9 Å². The summed E-state index contributed by atoms with van der Waals surface area (Å²) < 4.78 is 24.4. The first-order chi connectivity index (χ1) is 12.0. The van der Waals surface area contributed by atoms with Crippen LogP contribution in [0.3, 0.4) is 0 Å². The van der Waals surface area contributed by atoms with Crippen molar-refractivity contribution in [3.05, 3.63) is 24.3 Å². The van der Waals surface area contributed by atoms with E-state index in [-0.39, 0.29) is 19.1 Å². The molecule has 25 heavy (non-hydrogen) atoms. The van der Waals surface area contributed by atoms with Crippen molar-refractivity contribution in [1.29, 1.82) is 0 Å². The van der Waals surface area contributed by atoms with Crippen molar-refractivity contribution in [2.24, 2.45) is 16.6 Å². The molecule has 0 bridgehead atoms. The number of amides is 1. The molecule has 2 heterocycles. The number of cyclic esters (lactones) is 1. The van der Waals surface area contributed by atoms with Gasteiger partial charge in [0.05, 0.1) is 19.8 Å². The van der Waals surface area contributed by atoms with Gasteiger partial charge in [0.25, 0.3) is 0 Å². The van der Waals surface area contributed by atoms with Crippen molar-refractivity contribution in [1.82, 2.24) is 5.01 Å². The fourth-order valence-electron chi connectivity index (χ4n) is 2.77. The number of halogens is 1. The lowest BCUT2D eigenvalue weighted by atomic mass is 10.2. The molecule has 2 aliphatic rings. The molecule has 2 aliphatic heterocycles. The zero-order valence-electron chi connectivity index (χ0n) is 13.8. The van der Waals surface area contributed by atoms with Crippen LogP contribution in [0, 0.1) is 0 Å². The molecule has 136 valence electrons. The van der Waals surface area contributed by atoms with Gasteiger partial charge >= 0.3 is 6.09 Å². The number of aliphatic imine (C=N–C) groups is 1. The summed E-state index contributed by atoms with van der Waals surface area (Å²) in [5, 5.41) is 1.10. The summed E-state index contributed by atoms with van der Waals surface area (Å²) in [5.41, 5.74) is 6.90. The lowest BCUT2D eigenvalue weighted by Crippen LogP contribution is -2.51. The third kappa shape index (κ3) is 3.44. The molecule has 0 aliphatic carbocycles. The largest absolute Gasteiger partial charge is 0.422 e. The number of benzene rings is 1. The second-order valence-corrected chi connectivity index (χ2v) is 5.66. The second kappa shape index (κ2) is 7.11. The SMILES string of the molecule is CN=C(N)N(N)C1CN(c2cccc(N3CCOCC3F)c2)C(=O)O1. The standard InChI is InChI=1S/C15H21FN6O3/c1-19-14(17)22(18)13-8-21(15(23)25-13)11-4-2-3-10(7-11)20-5-6-24-9-12(20)16/h2-4,7,12-13H,5-6,8-9,18H2,1H3,(H2,17,19). The average Bonchev–Trinajstić information content (AvgIpc) is 3.02. The number of hydrogen-bond donors (Lipinski definition) is 2.